The molecule has 0 fully saturated rings. The lowest BCUT2D eigenvalue weighted by Gasteiger charge is -2.09. The third-order valence-corrected chi connectivity index (χ3v) is 3.59. The number of rotatable bonds is 2. The van der Waals surface area contributed by atoms with E-state index in [1.807, 2.05) is 0 Å². The Morgan fingerprint density at radius 1 is 1.06 bits per heavy atom. The fourth-order valence-electron chi connectivity index (χ4n) is 1.48. The Morgan fingerprint density at radius 2 is 1.82 bits per heavy atom. The first kappa shape index (κ1) is 12.7. The zero-order valence-electron chi connectivity index (χ0n) is 8.62. The molecule has 88 valence electrons. The molecule has 1 aromatic carbocycles. The van der Waals surface area contributed by atoms with E-state index in [2.05, 4.69) is 4.98 Å². The Balaban J connectivity index is 2.65. The van der Waals surface area contributed by atoms with Crippen molar-refractivity contribution in [2.45, 2.75) is 6.61 Å². The summed E-state index contributed by atoms with van der Waals surface area (Å²) in [6, 6.07) is 6.90. The van der Waals surface area contributed by atoms with E-state index in [9.17, 15) is 0 Å². The molecule has 2 aromatic rings. The number of hydrogen-bond acceptors (Lipinski definition) is 2. The molecule has 0 spiro atoms. The molecule has 0 saturated carbocycles. The maximum Gasteiger partial charge on any atom is 0.0907 e. The zero-order valence-corrected chi connectivity index (χ0v) is 10.9. The summed E-state index contributed by atoms with van der Waals surface area (Å²) in [6.45, 7) is -0.146. The van der Waals surface area contributed by atoms with E-state index < -0.39 is 0 Å². The van der Waals surface area contributed by atoms with Crippen LogP contribution in [0.5, 0.6) is 0 Å². The van der Waals surface area contributed by atoms with Gasteiger partial charge in [0.25, 0.3) is 0 Å². The highest BCUT2D eigenvalue weighted by Crippen LogP contribution is 2.36. The highest BCUT2D eigenvalue weighted by atomic mass is 35.5. The molecule has 0 saturated heterocycles. The van der Waals surface area contributed by atoms with Gasteiger partial charge in [0.05, 0.1) is 27.4 Å². The lowest BCUT2D eigenvalue weighted by Crippen LogP contribution is -1.92. The van der Waals surface area contributed by atoms with Crippen LogP contribution in [0.25, 0.3) is 11.3 Å². The minimum Gasteiger partial charge on any atom is -0.392 e. The number of hydrogen-bond donors (Lipinski definition) is 1. The van der Waals surface area contributed by atoms with E-state index >= 15 is 0 Å². The third kappa shape index (κ3) is 2.40. The van der Waals surface area contributed by atoms with Crippen molar-refractivity contribution in [3.63, 3.8) is 0 Å². The first-order valence-electron chi connectivity index (χ1n) is 4.83. The van der Waals surface area contributed by atoms with Crippen molar-refractivity contribution in [2.24, 2.45) is 0 Å². The van der Waals surface area contributed by atoms with E-state index in [1.54, 1.807) is 30.5 Å². The van der Waals surface area contributed by atoms with Gasteiger partial charge in [0.15, 0.2) is 0 Å². The summed E-state index contributed by atoms with van der Waals surface area (Å²) < 4.78 is 0. The number of aliphatic hydroxyl groups is 1. The predicted molar refractivity (Wildman–Crippen MR) is 70.6 cm³/mol. The first-order chi connectivity index (χ1) is 8.15. The fourth-order valence-corrected chi connectivity index (χ4v) is 2.14. The minimum atomic E-state index is -0.146. The number of pyridine rings is 1. The molecule has 0 bridgehead atoms. The van der Waals surface area contributed by atoms with Crippen LogP contribution in [-0.4, -0.2) is 10.1 Å². The van der Waals surface area contributed by atoms with E-state index in [0.29, 0.717) is 31.9 Å². The van der Waals surface area contributed by atoms with Crippen LogP contribution in [-0.2, 0) is 6.61 Å². The second kappa shape index (κ2) is 5.23. The van der Waals surface area contributed by atoms with E-state index in [0.717, 1.165) is 0 Å². The predicted octanol–water partition coefficient (Wildman–Crippen LogP) is 4.20. The summed E-state index contributed by atoms with van der Waals surface area (Å²) in [6.07, 6.45) is 1.57. The van der Waals surface area contributed by atoms with Crippen LogP contribution in [0.2, 0.25) is 15.1 Å². The Hall–Kier alpha value is -0.800. The molecule has 1 N–H and O–H groups in total. The SMILES string of the molecule is OCc1ccnc(-c2cccc(Cl)c2Cl)c1Cl. The molecule has 1 heterocycles. The van der Waals surface area contributed by atoms with Crippen molar-refractivity contribution >= 4 is 34.8 Å². The van der Waals surface area contributed by atoms with E-state index in [-0.39, 0.29) is 6.61 Å². The topological polar surface area (TPSA) is 33.1 Å². The lowest BCUT2D eigenvalue weighted by molar-refractivity contribution is 0.282. The average Bonchev–Trinajstić information content (AvgIpc) is 2.33. The zero-order chi connectivity index (χ0) is 12.4. The number of halogens is 3. The number of nitrogens with zero attached hydrogens (tertiary/aromatic N) is 1. The molecular formula is C12H8Cl3NO. The van der Waals surface area contributed by atoms with Gasteiger partial charge in [-0.3, -0.25) is 4.98 Å². The smallest absolute Gasteiger partial charge is 0.0907 e. The van der Waals surface area contributed by atoms with E-state index in [4.69, 9.17) is 39.9 Å². The van der Waals surface area contributed by atoms with Gasteiger partial charge < -0.3 is 5.11 Å². The van der Waals surface area contributed by atoms with Crippen LogP contribution in [0.1, 0.15) is 5.56 Å². The van der Waals surface area contributed by atoms with Gasteiger partial charge in [-0.1, -0.05) is 46.9 Å². The van der Waals surface area contributed by atoms with Gasteiger partial charge >= 0.3 is 0 Å². The highest BCUT2D eigenvalue weighted by Gasteiger charge is 2.13. The second-order valence-corrected chi connectivity index (χ2v) is 4.56. The van der Waals surface area contributed by atoms with E-state index in [1.165, 1.54) is 0 Å². The lowest BCUT2D eigenvalue weighted by atomic mass is 10.1. The summed E-state index contributed by atoms with van der Waals surface area (Å²) in [5.74, 6) is 0. The minimum absolute atomic E-state index is 0.146. The number of benzene rings is 1. The molecule has 2 nitrogen and oxygen atoms in total. The number of aliphatic hydroxyl groups excluding tert-OH is 1. The van der Waals surface area contributed by atoms with Crippen LogP contribution in [0.4, 0.5) is 0 Å². The molecule has 1 aromatic heterocycles. The second-order valence-electron chi connectivity index (χ2n) is 3.39. The quantitative estimate of drug-likeness (QED) is 0.898. The Kier molecular flexibility index (Phi) is 3.89. The molecule has 0 amide bonds. The summed E-state index contributed by atoms with van der Waals surface area (Å²) in [7, 11) is 0. The highest BCUT2D eigenvalue weighted by molar-refractivity contribution is 6.44. The van der Waals surface area contributed by atoms with Crippen molar-refractivity contribution in [3.05, 3.63) is 51.1 Å². The van der Waals surface area contributed by atoms with Gasteiger partial charge in [-0.15, -0.1) is 0 Å². The summed E-state index contributed by atoms with van der Waals surface area (Å²) >= 11 is 18.2. The summed E-state index contributed by atoms with van der Waals surface area (Å²) in [5, 5.41) is 10.4. The van der Waals surface area contributed by atoms with Gasteiger partial charge in [-0.25, -0.2) is 0 Å². The fraction of sp³-hybridized carbons (Fsp3) is 0.0833. The van der Waals surface area contributed by atoms with Gasteiger partial charge in [0.1, 0.15) is 0 Å². The van der Waals surface area contributed by atoms with Crippen molar-refractivity contribution < 1.29 is 5.11 Å². The normalized spacial score (nSPS) is 10.6. The molecule has 0 aliphatic rings. The van der Waals surface area contributed by atoms with Crippen molar-refractivity contribution in [2.75, 3.05) is 0 Å². The Bertz CT molecular complexity index is 557. The van der Waals surface area contributed by atoms with Gasteiger partial charge in [-0.2, -0.15) is 0 Å². The molecule has 2 rings (SSSR count). The molecule has 5 heteroatoms. The molecule has 0 atom stereocenters. The average molecular weight is 289 g/mol. The van der Waals surface area contributed by atoms with Crippen LogP contribution in [0.3, 0.4) is 0 Å². The van der Waals surface area contributed by atoms with Crippen LogP contribution >= 0.6 is 34.8 Å². The summed E-state index contributed by atoms with van der Waals surface area (Å²) in [4.78, 5) is 4.17. The molecular weight excluding hydrogens is 280 g/mol. The van der Waals surface area contributed by atoms with Crippen LogP contribution in [0, 0.1) is 0 Å². The standard InChI is InChI=1S/C12H8Cl3NO/c13-9-3-1-2-8(11(9)15)12-10(14)7(6-17)4-5-16-12/h1-5,17H,6H2. The Labute approximate surface area is 114 Å². The first-order valence-corrected chi connectivity index (χ1v) is 5.97. The maximum atomic E-state index is 9.14. The molecule has 0 unspecified atom stereocenters. The molecule has 0 radical (unpaired) electrons. The van der Waals surface area contributed by atoms with Crippen LogP contribution < -0.4 is 0 Å². The monoisotopic (exact) mass is 287 g/mol. The van der Waals surface area contributed by atoms with Crippen LogP contribution in [0.15, 0.2) is 30.5 Å². The number of aromatic nitrogens is 1. The Morgan fingerprint density at radius 3 is 2.53 bits per heavy atom. The van der Waals surface area contributed by atoms with Gasteiger partial charge in [-0.05, 0) is 17.7 Å². The van der Waals surface area contributed by atoms with Gasteiger partial charge in [0, 0.05) is 11.8 Å². The molecule has 0 aliphatic carbocycles. The molecule has 0 aliphatic heterocycles. The summed E-state index contributed by atoms with van der Waals surface area (Å²) in [5.41, 5.74) is 1.78. The maximum absolute atomic E-state index is 9.14. The molecule has 17 heavy (non-hydrogen) atoms. The largest absolute Gasteiger partial charge is 0.392 e. The van der Waals surface area contributed by atoms with Gasteiger partial charge in [0.2, 0.25) is 0 Å². The van der Waals surface area contributed by atoms with Crippen molar-refractivity contribution in [1.29, 1.82) is 0 Å². The third-order valence-electron chi connectivity index (χ3n) is 2.35. The van der Waals surface area contributed by atoms with Crippen molar-refractivity contribution in [1.82, 2.24) is 4.98 Å². The van der Waals surface area contributed by atoms with Crippen molar-refractivity contribution in [3.8, 4) is 11.3 Å².